The van der Waals surface area contributed by atoms with Crippen LogP contribution in [0.15, 0.2) is 41.4 Å². The van der Waals surface area contributed by atoms with E-state index < -0.39 is 0 Å². The molecule has 5 nitrogen and oxygen atoms in total. The van der Waals surface area contributed by atoms with E-state index in [9.17, 15) is 4.79 Å². The van der Waals surface area contributed by atoms with Gasteiger partial charge in [0.15, 0.2) is 16.7 Å². The smallest absolute Gasteiger partial charge is 0.231 e. The molecule has 0 bridgehead atoms. The van der Waals surface area contributed by atoms with Crippen molar-refractivity contribution in [2.75, 3.05) is 19.1 Å². The lowest BCUT2D eigenvalue weighted by Crippen LogP contribution is -2.29. The summed E-state index contributed by atoms with van der Waals surface area (Å²) in [5, 5.41) is 0.790. The zero-order valence-electron chi connectivity index (χ0n) is 16.4. The van der Waals surface area contributed by atoms with Crippen LogP contribution in [-0.4, -0.2) is 35.1 Å². The first-order chi connectivity index (χ1) is 13.5. The molecule has 2 aliphatic heterocycles. The number of benzene rings is 2. The van der Waals surface area contributed by atoms with E-state index in [-0.39, 0.29) is 18.7 Å². The predicted octanol–water partition coefficient (Wildman–Crippen LogP) is 4.27. The highest BCUT2D eigenvalue weighted by Crippen LogP contribution is 2.41. The molecule has 28 heavy (non-hydrogen) atoms. The van der Waals surface area contributed by atoms with Crippen molar-refractivity contribution in [1.82, 2.24) is 4.90 Å². The third-order valence-electron chi connectivity index (χ3n) is 4.92. The third kappa shape index (κ3) is 3.87. The van der Waals surface area contributed by atoms with E-state index in [1.807, 2.05) is 18.2 Å². The Bertz CT molecular complexity index is 921. The highest BCUT2D eigenvalue weighted by molar-refractivity contribution is 8.14. The number of fused-ring (bicyclic) bond motifs is 1. The molecule has 0 N–H and O–H groups in total. The lowest BCUT2D eigenvalue weighted by molar-refractivity contribution is -0.124. The van der Waals surface area contributed by atoms with Gasteiger partial charge >= 0.3 is 0 Å². The lowest BCUT2D eigenvalue weighted by Gasteiger charge is -2.20. The van der Waals surface area contributed by atoms with E-state index in [1.54, 1.807) is 23.6 Å². The summed E-state index contributed by atoms with van der Waals surface area (Å²) in [5.41, 5.74) is 4.69. The summed E-state index contributed by atoms with van der Waals surface area (Å²) in [4.78, 5) is 18.8. The number of para-hydroxylation sites is 1. The largest absolute Gasteiger partial charge is 0.454 e. The average Bonchev–Trinajstić information content (AvgIpc) is 3.29. The zero-order chi connectivity index (χ0) is 19.7. The highest BCUT2D eigenvalue weighted by atomic mass is 32.2. The molecule has 4 rings (SSSR count). The lowest BCUT2D eigenvalue weighted by atomic mass is 9.96. The summed E-state index contributed by atoms with van der Waals surface area (Å²) >= 11 is 1.63. The molecule has 2 aromatic rings. The minimum Gasteiger partial charge on any atom is -0.454 e. The first-order valence-corrected chi connectivity index (χ1v) is 10.4. The van der Waals surface area contributed by atoms with E-state index in [0.717, 1.165) is 34.4 Å². The Kier molecular flexibility index (Phi) is 5.31. The molecule has 0 aliphatic carbocycles. The fourth-order valence-corrected chi connectivity index (χ4v) is 4.82. The number of aliphatic imine (C=N–C) groups is 1. The maximum absolute atomic E-state index is 12.0. The number of aryl methyl sites for hydroxylation is 2. The Morgan fingerprint density at radius 2 is 2.00 bits per heavy atom. The van der Waals surface area contributed by atoms with Crippen LogP contribution >= 0.6 is 11.8 Å². The molecule has 6 heteroatoms. The van der Waals surface area contributed by atoms with Gasteiger partial charge < -0.3 is 9.47 Å². The molecule has 0 radical (unpaired) electrons. The van der Waals surface area contributed by atoms with E-state index in [0.29, 0.717) is 6.54 Å². The summed E-state index contributed by atoms with van der Waals surface area (Å²) < 4.78 is 11.3. The number of nitrogens with zero attached hydrogens (tertiary/aromatic N) is 2. The minimum absolute atomic E-state index is 0.0340. The monoisotopic (exact) mass is 396 g/mol. The molecule has 1 unspecified atom stereocenters. The maximum atomic E-state index is 12.0. The van der Waals surface area contributed by atoms with Gasteiger partial charge in [0.05, 0.1) is 6.04 Å². The summed E-state index contributed by atoms with van der Waals surface area (Å²) in [7, 11) is 0. The predicted molar refractivity (Wildman–Crippen MR) is 112 cm³/mol. The van der Waals surface area contributed by atoms with Gasteiger partial charge in [-0.25, -0.2) is 0 Å². The van der Waals surface area contributed by atoms with E-state index in [4.69, 9.17) is 14.5 Å². The van der Waals surface area contributed by atoms with Crippen molar-refractivity contribution in [3.8, 4) is 11.5 Å². The number of hydrogen-bond donors (Lipinski definition) is 0. The zero-order valence-corrected chi connectivity index (χ0v) is 17.2. The van der Waals surface area contributed by atoms with Crippen molar-refractivity contribution >= 4 is 22.8 Å². The number of rotatable bonds is 4. The van der Waals surface area contributed by atoms with Crippen LogP contribution in [0, 0.1) is 13.8 Å². The van der Waals surface area contributed by atoms with Gasteiger partial charge in [-0.3, -0.25) is 14.7 Å². The number of ether oxygens (including phenoxy) is 2. The Morgan fingerprint density at radius 1 is 1.21 bits per heavy atom. The van der Waals surface area contributed by atoms with E-state index >= 15 is 0 Å². The van der Waals surface area contributed by atoms with Crippen LogP contribution in [-0.2, 0) is 11.2 Å². The second-order valence-corrected chi connectivity index (χ2v) is 8.29. The van der Waals surface area contributed by atoms with Crippen molar-refractivity contribution in [3.05, 3.63) is 58.7 Å². The van der Waals surface area contributed by atoms with Crippen molar-refractivity contribution in [1.29, 1.82) is 0 Å². The Labute approximate surface area is 169 Å². The van der Waals surface area contributed by atoms with Gasteiger partial charge in [-0.05, 0) is 31.9 Å². The van der Waals surface area contributed by atoms with Gasteiger partial charge in [-0.15, -0.1) is 0 Å². The normalized spacial score (nSPS) is 18.0. The van der Waals surface area contributed by atoms with Crippen LogP contribution in [0.2, 0.25) is 0 Å². The average molecular weight is 397 g/mol. The molecule has 1 saturated heterocycles. The first kappa shape index (κ1) is 18.9. The molecule has 2 aromatic carbocycles. The topological polar surface area (TPSA) is 51.1 Å². The van der Waals surface area contributed by atoms with Crippen LogP contribution < -0.4 is 9.47 Å². The number of hydrogen-bond acceptors (Lipinski definition) is 5. The van der Waals surface area contributed by atoms with Crippen molar-refractivity contribution in [2.45, 2.75) is 33.2 Å². The van der Waals surface area contributed by atoms with Gasteiger partial charge in [-0.1, -0.05) is 53.2 Å². The number of carbonyl (C=O) groups excluding carboxylic acids is 1. The van der Waals surface area contributed by atoms with E-state index in [1.165, 1.54) is 16.7 Å². The van der Waals surface area contributed by atoms with Crippen LogP contribution in [0.5, 0.6) is 11.5 Å². The van der Waals surface area contributed by atoms with Crippen LogP contribution in [0.3, 0.4) is 0 Å². The van der Waals surface area contributed by atoms with Crippen molar-refractivity contribution in [3.63, 3.8) is 0 Å². The molecule has 0 saturated carbocycles. The van der Waals surface area contributed by atoms with E-state index in [2.05, 4.69) is 32.0 Å². The molecule has 2 heterocycles. The summed E-state index contributed by atoms with van der Waals surface area (Å²) in [6, 6.07) is 12.4. The third-order valence-corrected chi connectivity index (χ3v) is 5.89. The standard InChI is InChI=1S/C22H24N2O3S/c1-14-9-15(2)11-17(10-14)12-19(23-22-24(16(3)25)7-8-28-22)18-5-4-6-20-21(18)27-13-26-20/h4-6,9-11,19H,7-8,12-13H2,1-3H3. The van der Waals surface area contributed by atoms with Crippen LogP contribution in [0.1, 0.15) is 35.2 Å². The first-order valence-electron chi connectivity index (χ1n) is 9.45. The Morgan fingerprint density at radius 3 is 2.75 bits per heavy atom. The molecule has 2 aliphatic rings. The Hall–Kier alpha value is -2.47. The molecular formula is C22H24N2O3S. The maximum Gasteiger partial charge on any atom is 0.231 e. The SMILES string of the molecule is CC(=O)N1CCSC1=NC(Cc1cc(C)cc(C)c1)c1cccc2c1OCO2. The fourth-order valence-electron chi connectivity index (χ4n) is 3.78. The minimum atomic E-state index is -0.153. The quantitative estimate of drug-likeness (QED) is 0.775. The molecule has 146 valence electrons. The number of amidine groups is 1. The second kappa shape index (κ2) is 7.87. The highest BCUT2D eigenvalue weighted by Gasteiger charge is 2.28. The van der Waals surface area contributed by atoms with Gasteiger partial charge in [0, 0.05) is 24.8 Å². The fraction of sp³-hybridized carbons (Fsp3) is 0.364. The summed E-state index contributed by atoms with van der Waals surface area (Å²) in [5.74, 6) is 2.43. The molecule has 1 fully saturated rings. The van der Waals surface area contributed by atoms with Crippen LogP contribution in [0.4, 0.5) is 0 Å². The van der Waals surface area contributed by atoms with Gasteiger partial charge in [0.1, 0.15) is 0 Å². The summed E-state index contributed by atoms with van der Waals surface area (Å²) in [6.45, 7) is 6.75. The molecule has 0 spiro atoms. The van der Waals surface area contributed by atoms with Crippen LogP contribution in [0.25, 0.3) is 0 Å². The number of carbonyl (C=O) groups is 1. The van der Waals surface area contributed by atoms with Crippen molar-refractivity contribution in [2.24, 2.45) is 4.99 Å². The number of amides is 1. The Balaban J connectivity index is 1.75. The molecule has 1 atom stereocenters. The molecular weight excluding hydrogens is 372 g/mol. The number of thioether (sulfide) groups is 1. The molecule has 1 amide bonds. The second-order valence-electron chi connectivity index (χ2n) is 7.23. The molecule has 0 aromatic heterocycles. The van der Waals surface area contributed by atoms with Gasteiger partial charge in [0.25, 0.3) is 0 Å². The summed E-state index contributed by atoms with van der Waals surface area (Å²) in [6.07, 6.45) is 0.734. The van der Waals surface area contributed by atoms with Crippen molar-refractivity contribution < 1.29 is 14.3 Å². The van der Waals surface area contributed by atoms with Gasteiger partial charge in [0.2, 0.25) is 12.7 Å². The van der Waals surface area contributed by atoms with Gasteiger partial charge in [-0.2, -0.15) is 0 Å².